The van der Waals surface area contributed by atoms with Crippen LogP contribution in [0.1, 0.15) is 19.3 Å². The third-order valence-corrected chi connectivity index (χ3v) is 3.57. The van der Waals surface area contributed by atoms with E-state index in [1.807, 2.05) is 0 Å². The summed E-state index contributed by atoms with van der Waals surface area (Å²) in [5.74, 6) is 0. The molecule has 0 N–H and O–H groups in total. The lowest BCUT2D eigenvalue weighted by Gasteiger charge is -2.11. The molecule has 0 aromatic carbocycles. The maximum Gasteiger partial charge on any atom is 0.0464 e. The van der Waals surface area contributed by atoms with E-state index in [0.29, 0.717) is 4.83 Å². The van der Waals surface area contributed by atoms with Gasteiger partial charge in [0, 0.05) is 9.31 Å². The lowest BCUT2D eigenvalue weighted by Crippen LogP contribution is -2.01. The Hall–Kier alpha value is 0.700. The quantitative estimate of drug-likeness (QED) is 0.570. The molecule has 0 amide bonds. The third kappa shape index (κ3) is 1.59. The number of alkyl halides is 1. The Bertz CT molecular complexity index is 107. The first-order chi connectivity index (χ1) is 3.80. The van der Waals surface area contributed by atoms with E-state index in [1.165, 1.54) is 17.3 Å². The van der Waals surface area contributed by atoms with Gasteiger partial charge in [0.2, 0.25) is 0 Å². The molecule has 1 rings (SSSR count). The van der Waals surface area contributed by atoms with Crippen molar-refractivity contribution < 1.29 is 0 Å². The van der Waals surface area contributed by atoms with Crippen molar-refractivity contribution in [3.63, 3.8) is 0 Å². The molecule has 0 spiro atoms. The summed E-state index contributed by atoms with van der Waals surface area (Å²) in [7, 11) is 0. The number of allylic oxidation sites excluding steroid dienone is 2. The molecular weight excluding hydrogens is 232 g/mol. The van der Waals surface area contributed by atoms with Crippen molar-refractivity contribution in [3.05, 3.63) is 10.6 Å². The van der Waals surface area contributed by atoms with Crippen molar-refractivity contribution in [3.8, 4) is 0 Å². The van der Waals surface area contributed by atoms with Gasteiger partial charge in [0.25, 0.3) is 0 Å². The van der Waals surface area contributed by atoms with E-state index in [4.69, 9.17) is 0 Å². The lowest BCUT2D eigenvalue weighted by atomic mass is 10.1. The molecule has 8 heavy (non-hydrogen) atoms. The normalized spacial score (nSPS) is 29.8. The highest BCUT2D eigenvalue weighted by Gasteiger charge is 2.10. The van der Waals surface area contributed by atoms with E-state index in [1.54, 1.807) is 0 Å². The minimum atomic E-state index is 0.538. The monoisotopic (exact) mass is 237 g/mol. The molecule has 0 aromatic heterocycles. The zero-order valence-electron chi connectivity index (χ0n) is 4.45. The molecule has 45 valence electrons. The van der Waals surface area contributed by atoms with Crippen molar-refractivity contribution in [2.45, 2.75) is 24.1 Å². The van der Waals surface area contributed by atoms with E-state index in [-0.39, 0.29) is 0 Å². The fourth-order valence-corrected chi connectivity index (χ4v) is 1.64. The molecule has 1 aliphatic rings. The first kappa shape index (κ1) is 6.81. The van der Waals surface area contributed by atoms with E-state index in [2.05, 4.69) is 37.9 Å². The van der Waals surface area contributed by atoms with Crippen LogP contribution in [0.5, 0.6) is 0 Å². The van der Waals surface area contributed by atoms with Crippen LogP contribution in [0, 0.1) is 6.08 Å². The van der Waals surface area contributed by atoms with Gasteiger partial charge in [0.05, 0.1) is 0 Å². The molecule has 0 saturated heterocycles. The summed E-state index contributed by atoms with van der Waals surface area (Å²) in [4.78, 5) is 0.538. The molecule has 1 radical (unpaired) electrons. The Balaban J connectivity index is 2.53. The summed E-state index contributed by atoms with van der Waals surface area (Å²) in [6, 6.07) is 0. The summed E-state index contributed by atoms with van der Waals surface area (Å²) < 4.78 is 1.20. The van der Waals surface area contributed by atoms with Gasteiger partial charge in [-0.2, -0.15) is 0 Å². The van der Waals surface area contributed by atoms with Crippen LogP contribution in [0.15, 0.2) is 4.48 Å². The van der Waals surface area contributed by atoms with E-state index in [9.17, 15) is 0 Å². The molecule has 0 nitrogen and oxygen atoms in total. The maximum absolute atomic E-state index is 3.51. The molecule has 1 aliphatic carbocycles. The second-order valence-electron chi connectivity index (χ2n) is 1.88. The summed E-state index contributed by atoms with van der Waals surface area (Å²) in [6.45, 7) is 0. The molecule has 0 heterocycles. The highest BCUT2D eigenvalue weighted by molar-refractivity contribution is 9.14. The smallest absolute Gasteiger partial charge is 0.0464 e. The van der Waals surface area contributed by atoms with E-state index < -0.39 is 0 Å². The Labute approximate surface area is 66.6 Å². The number of rotatable bonds is 0. The molecule has 0 fully saturated rings. The minimum absolute atomic E-state index is 0.538. The van der Waals surface area contributed by atoms with Gasteiger partial charge in [-0.25, -0.2) is 0 Å². The predicted molar refractivity (Wildman–Crippen MR) is 42.2 cm³/mol. The zero-order valence-corrected chi connectivity index (χ0v) is 7.63. The first-order valence-electron chi connectivity index (χ1n) is 2.71. The van der Waals surface area contributed by atoms with Gasteiger partial charge < -0.3 is 0 Å². The minimum Gasteiger partial charge on any atom is -0.0833 e. The first-order valence-corrected chi connectivity index (χ1v) is 4.42. The standard InChI is InChI=1S/C6H7Br2/c7-5-3-1-2-4-6(5)8/h5H,1-3H2. The lowest BCUT2D eigenvalue weighted by molar-refractivity contribution is 0.730. The van der Waals surface area contributed by atoms with Crippen molar-refractivity contribution in [2.24, 2.45) is 0 Å². The zero-order chi connectivity index (χ0) is 5.98. The van der Waals surface area contributed by atoms with Gasteiger partial charge in [-0.1, -0.05) is 31.9 Å². The van der Waals surface area contributed by atoms with Crippen LogP contribution in [0.3, 0.4) is 0 Å². The Morgan fingerprint density at radius 2 is 2.38 bits per heavy atom. The van der Waals surface area contributed by atoms with Crippen LogP contribution in [0.25, 0.3) is 0 Å². The molecule has 0 aliphatic heterocycles. The van der Waals surface area contributed by atoms with Crippen LogP contribution < -0.4 is 0 Å². The number of halogens is 2. The van der Waals surface area contributed by atoms with Crippen LogP contribution in [0.2, 0.25) is 0 Å². The molecule has 0 aromatic rings. The average Bonchev–Trinajstić information content (AvgIpc) is 1.77. The van der Waals surface area contributed by atoms with Gasteiger partial charge in [-0.3, -0.25) is 0 Å². The predicted octanol–water partition coefficient (Wildman–Crippen LogP) is 3.02. The fraction of sp³-hybridized carbons (Fsp3) is 0.667. The highest BCUT2D eigenvalue weighted by atomic mass is 79.9. The van der Waals surface area contributed by atoms with Crippen molar-refractivity contribution >= 4 is 31.9 Å². The topological polar surface area (TPSA) is 0 Å². The molecule has 1 unspecified atom stereocenters. The molecule has 2 heteroatoms. The van der Waals surface area contributed by atoms with Crippen LogP contribution in [-0.4, -0.2) is 4.83 Å². The molecule has 1 atom stereocenters. The summed E-state index contributed by atoms with van der Waals surface area (Å²) in [6.07, 6.45) is 6.84. The maximum atomic E-state index is 3.51. The Morgan fingerprint density at radius 1 is 1.62 bits per heavy atom. The van der Waals surface area contributed by atoms with Gasteiger partial charge in [-0.15, -0.1) is 0 Å². The summed E-state index contributed by atoms with van der Waals surface area (Å²) in [5, 5.41) is 0. The van der Waals surface area contributed by atoms with Crippen LogP contribution >= 0.6 is 31.9 Å². The Morgan fingerprint density at radius 3 is 2.75 bits per heavy atom. The van der Waals surface area contributed by atoms with Gasteiger partial charge >= 0.3 is 0 Å². The van der Waals surface area contributed by atoms with Crippen molar-refractivity contribution in [1.82, 2.24) is 0 Å². The van der Waals surface area contributed by atoms with Crippen LogP contribution in [-0.2, 0) is 0 Å². The second-order valence-corrected chi connectivity index (χ2v) is 3.84. The highest BCUT2D eigenvalue weighted by Crippen LogP contribution is 2.27. The molecule has 0 bridgehead atoms. The number of hydrogen-bond acceptors (Lipinski definition) is 0. The third-order valence-electron chi connectivity index (χ3n) is 1.20. The molecular formula is C6H7Br2. The summed E-state index contributed by atoms with van der Waals surface area (Å²) in [5.41, 5.74) is 0. The second kappa shape index (κ2) is 3.02. The number of hydrogen-bond donors (Lipinski definition) is 0. The SMILES string of the molecule is BrC1=[C]CCCC1Br. The van der Waals surface area contributed by atoms with Gasteiger partial charge in [-0.05, 0) is 25.3 Å². The largest absolute Gasteiger partial charge is 0.0833 e. The molecule has 0 saturated carbocycles. The average molecular weight is 239 g/mol. The van der Waals surface area contributed by atoms with E-state index in [0.717, 1.165) is 6.42 Å². The fourth-order valence-electron chi connectivity index (χ4n) is 0.727. The Kier molecular flexibility index (Phi) is 2.57. The van der Waals surface area contributed by atoms with Crippen LogP contribution in [0.4, 0.5) is 0 Å². The summed E-state index contributed by atoms with van der Waals surface area (Å²) >= 11 is 6.92. The van der Waals surface area contributed by atoms with Gasteiger partial charge in [0.1, 0.15) is 0 Å². The van der Waals surface area contributed by atoms with Crippen molar-refractivity contribution in [2.75, 3.05) is 0 Å². The van der Waals surface area contributed by atoms with E-state index >= 15 is 0 Å². The van der Waals surface area contributed by atoms with Crippen molar-refractivity contribution in [1.29, 1.82) is 0 Å². The van der Waals surface area contributed by atoms with Gasteiger partial charge in [0.15, 0.2) is 0 Å².